The Kier molecular flexibility index (Phi) is 2.45. The Morgan fingerprint density at radius 1 is 1.17 bits per heavy atom. The summed E-state index contributed by atoms with van der Waals surface area (Å²) in [6, 6.07) is 6.63. The molecule has 4 heteroatoms. The molecule has 1 aromatic rings. The lowest BCUT2D eigenvalue weighted by atomic mass is 9.37. The first-order chi connectivity index (χ1) is 11.7. The molecule has 2 heterocycles. The lowest BCUT2D eigenvalue weighted by molar-refractivity contribution is -0.389. The van der Waals surface area contributed by atoms with Gasteiger partial charge in [-0.15, -0.1) is 0 Å². The minimum Gasteiger partial charge on any atom is -0.489 e. The number of hydroxylamine groups is 2. The van der Waals surface area contributed by atoms with Crippen LogP contribution in [0.5, 0.6) is 5.75 Å². The Balaban J connectivity index is 1.72. The summed E-state index contributed by atoms with van der Waals surface area (Å²) in [7, 11) is 3.69. The van der Waals surface area contributed by atoms with Crippen molar-refractivity contribution in [2.24, 2.45) is 11.3 Å². The van der Waals surface area contributed by atoms with Crippen LogP contribution in [0.1, 0.15) is 43.2 Å². The Bertz CT molecular complexity index is 726. The Hall–Kier alpha value is -1.10. The normalized spacial score (nSPS) is 47.4. The van der Waals surface area contributed by atoms with Crippen LogP contribution in [0.15, 0.2) is 18.2 Å². The number of hydrogen-bond acceptors (Lipinski definition) is 4. The highest BCUT2D eigenvalue weighted by Crippen LogP contribution is 2.76. The predicted molar refractivity (Wildman–Crippen MR) is 88.7 cm³/mol. The summed E-state index contributed by atoms with van der Waals surface area (Å²) in [5.74, 6) is 1.86. The molecule has 4 fully saturated rings. The van der Waals surface area contributed by atoms with E-state index in [1.54, 1.807) is 7.11 Å². The van der Waals surface area contributed by atoms with Gasteiger partial charge < -0.3 is 9.47 Å². The monoisotopic (exact) mass is 327 g/mol. The topological polar surface area (TPSA) is 30.9 Å². The number of fused-ring (bicyclic) bond motifs is 2. The van der Waals surface area contributed by atoms with Crippen molar-refractivity contribution in [3.63, 3.8) is 0 Å². The van der Waals surface area contributed by atoms with Gasteiger partial charge in [0.1, 0.15) is 11.9 Å². The maximum Gasteiger partial charge on any atom is 0.154 e. The molecule has 7 rings (SSSR count). The first kappa shape index (κ1) is 14.1. The van der Waals surface area contributed by atoms with Gasteiger partial charge in [-0.3, -0.25) is 4.84 Å². The third kappa shape index (κ3) is 1.15. The number of benzene rings is 1. The van der Waals surface area contributed by atoms with E-state index in [9.17, 15) is 0 Å². The number of hydrogen-bond donors (Lipinski definition) is 0. The summed E-state index contributed by atoms with van der Waals surface area (Å²) in [6.07, 6.45) is 7.36. The molecule has 3 unspecified atom stereocenters. The van der Waals surface area contributed by atoms with Crippen molar-refractivity contribution >= 4 is 0 Å². The molecule has 24 heavy (non-hydrogen) atoms. The maximum absolute atomic E-state index is 6.65. The lowest BCUT2D eigenvalue weighted by Crippen LogP contribution is -2.80. The highest BCUT2D eigenvalue weighted by atomic mass is 16.7. The van der Waals surface area contributed by atoms with Gasteiger partial charge in [-0.2, -0.15) is 5.06 Å². The molecule has 4 nitrogen and oxygen atoms in total. The van der Waals surface area contributed by atoms with Crippen LogP contribution >= 0.6 is 0 Å². The summed E-state index contributed by atoms with van der Waals surface area (Å²) in [6.45, 7) is 0.923. The summed E-state index contributed by atoms with van der Waals surface area (Å²) in [5.41, 5.74) is 2.83. The van der Waals surface area contributed by atoms with Gasteiger partial charge in [0.15, 0.2) is 5.72 Å². The van der Waals surface area contributed by atoms with Gasteiger partial charge >= 0.3 is 0 Å². The van der Waals surface area contributed by atoms with Crippen LogP contribution in [-0.2, 0) is 21.4 Å². The van der Waals surface area contributed by atoms with E-state index in [0.29, 0.717) is 12.0 Å². The summed E-state index contributed by atoms with van der Waals surface area (Å²) < 4.78 is 13.1. The van der Waals surface area contributed by atoms with E-state index in [0.717, 1.165) is 25.1 Å². The first-order valence-electron chi connectivity index (χ1n) is 9.38. The molecule has 4 aliphatic carbocycles. The second kappa shape index (κ2) is 4.17. The molecule has 0 aromatic heterocycles. The summed E-state index contributed by atoms with van der Waals surface area (Å²) >= 11 is 0. The van der Waals surface area contributed by atoms with Crippen molar-refractivity contribution in [2.45, 2.75) is 55.8 Å². The van der Waals surface area contributed by atoms with Gasteiger partial charge in [-0.25, -0.2) is 0 Å². The SMILES string of the molecule is CON1CCC23c4c5cccc4OC2C2CCC3(CC2)C1(OC)C5. The molecule has 0 amide bonds. The van der Waals surface area contributed by atoms with E-state index < -0.39 is 0 Å². The standard InChI is InChI=1S/C20H25NO3/c1-22-20-12-14-4-3-5-15-16(14)19(10-11-21(20)23-2)17(24-15)13-6-8-18(19,20)9-7-13/h3-5,13,17H,6-12H2,1-2H3. The van der Waals surface area contributed by atoms with Crippen LogP contribution in [-0.4, -0.2) is 37.7 Å². The van der Waals surface area contributed by atoms with E-state index >= 15 is 0 Å². The molecule has 4 bridgehead atoms. The maximum atomic E-state index is 6.65. The Morgan fingerprint density at radius 3 is 2.75 bits per heavy atom. The second-order valence-corrected chi connectivity index (χ2v) is 8.42. The quantitative estimate of drug-likeness (QED) is 0.835. The fourth-order valence-corrected chi connectivity index (χ4v) is 7.67. The Labute approximate surface area is 143 Å². The summed E-state index contributed by atoms with van der Waals surface area (Å²) in [4.78, 5) is 5.90. The van der Waals surface area contributed by atoms with Gasteiger partial charge in [0.2, 0.25) is 0 Å². The molecular formula is C20H25NO3. The van der Waals surface area contributed by atoms with E-state index in [2.05, 4.69) is 23.3 Å². The molecule has 128 valence electrons. The van der Waals surface area contributed by atoms with E-state index in [4.69, 9.17) is 14.3 Å². The molecule has 1 aromatic carbocycles. The predicted octanol–water partition coefficient (Wildman–Crippen LogP) is 3.04. The number of piperidine rings is 1. The highest BCUT2D eigenvalue weighted by Gasteiger charge is 2.79. The van der Waals surface area contributed by atoms with Gasteiger partial charge in [0.05, 0.1) is 7.11 Å². The summed E-state index contributed by atoms with van der Waals surface area (Å²) in [5, 5.41) is 2.16. The highest BCUT2D eigenvalue weighted by molar-refractivity contribution is 5.57. The number of nitrogens with zero attached hydrogens (tertiary/aromatic N) is 1. The van der Waals surface area contributed by atoms with Crippen molar-refractivity contribution in [2.75, 3.05) is 20.8 Å². The first-order valence-corrected chi connectivity index (χ1v) is 9.38. The molecule has 6 aliphatic rings. The third-order valence-corrected chi connectivity index (χ3v) is 8.31. The van der Waals surface area contributed by atoms with Crippen molar-refractivity contribution in [1.82, 2.24) is 5.06 Å². The van der Waals surface area contributed by atoms with Crippen molar-refractivity contribution in [1.29, 1.82) is 0 Å². The average Bonchev–Trinajstić information content (AvgIpc) is 2.98. The number of ether oxygens (including phenoxy) is 2. The molecule has 0 radical (unpaired) electrons. The van der Waals surface area contributed by atoms with Crippen LogP contribution in [0.3, 0.4) is 0 Å². The molecule has 2 spiro atoms. The van der Waals surface area contributed by atoms with Gasteiger partial charge in [0.25, 0.3) is 0 Å². The van der Waals surface area contributed by atoms with E-state index in [1.165, 1.54) is 36.8 Å². The lowest BCUT2D eigenvalue weighted by Gasteiger charge is -2.73. The van der Waals surface area contributed by atoms with Crippen molar-refractivity contribution in [3.05, 3.63) is 29.3 Å². The molecule has 0 N–H and O–H groups in total. The van der Waals surface area contributed by atoms with Crippen molar-refractivity contribution < 1.29 is 14.3 Å². The zero-order valence-electron chi connectivity index (χ0n) is 14.5. The van der Waals surface area contributed by atoms with Gasteiger partial charge in [0, 0.05) is 36.5 Å². The average molecular weight is 327 g/mol. The fourth-order valence-electron chi connectivity index (χ4n) is 7.67. The molecule has 3 atom stereocenters. The fraction of sp³-hybridized carbons (Fsp3) is 0.700. The number of rotatable bonds is 2. The van der Waals surface area contributed by atoms with Crippen molar-refractivity contribution in [3.8, 4) is 5.75 Å². The van der Waals surface area contributed by atoms with Crippen LogP contribution in [0.2, 0.25) is 0 Å². The van der Waals surface area contributed by atoms with Crippen LogP contribution in [0.25, 0.3) is 0 Å². The molecule has 1 saturated heterocycles. The zero-order valence-corrected chi connectivity index (χ0v) is 14.5. The Morgan fingerprint density at radius 2 is 2.00 bits per heavy atom. The van der Waals surface area contributed by atoms with Crippen LogP contribution in [0.4, 0.5) is 0 Å². The minimum atomic E-state index is -0.358. The zero-order chi connectivity index (χ0) is 16.2. The van der Waals surface area contributed by atoms with Gasteiger partial charge in [-0.1, -0.05) is 12.1 Å². The molecule has 3 saturated carbocycles. The second-order valence-electron chi connectivity index (χ2n) is 8.42. The minimum absolute atomic E-state index is 0.113. The van der Waals surface area contributed by atoms with E-state index in [1.807, 2.05) is 7.11 Å². The van der Waals surface area contributed by atoms with E-state index in [-0.39, 0.29) is 16.6 Å². The van der Waals surface area contributed by atoms with Crippen LogP contribution in [0, 0.1) is 11.3 Å². The molecule has 2 aliphatic heterocycles. The number of methoxy groups -OCH3 is 1. The smallest absolute Gasteiger partial charge is 0.154 e. The largest absolute Gasteiger partial charge is 0.489 e. The van der Waals surface area contributed by atoms with Crippen LogP contribution < -0.4 is 4.74 Å². The molecular weight excluding hydrogens is 302 g/mol. The third-order valence-electron chi connectivity index (χ3n) is 8.31. The van der Waals surface area contributed by atoms with Gasteiger partial charge in [-0.05, 0) is 49.7 Å².